The summed E-state index contributed by atoms with van der Waals surface area (Å²) in [6.07, 6.45) is 1.14. The summed E-state index contributed by atoms with van der Waals surface area (Å²) in [6.45, 7) is 4.09. The fourth-order valence-corrected chi connectivity index (χ4v) is 3.66. The van der Waals surface area contributed by atoms with E-state index < -0.39 is 31.3 Å². The number of nitrogens with zero attached hydrogens (tertiary/aromatic N) is 2. The number of sulfonamides is 1. The van der Waals surface area contributed by atoms with Crippen LogP contribution in [0.5, 0.6) is 0 Å². The number of hydrogen-bond donors (Lipinski definition) is 0. The van der Waals surface area contributed by atoms with E-state index in [2.05, 4.69) is 0 Å². The van der Waals surface area contributed by atoms with E-state index in [1.165, 1.54) is 0 Å². The molecule has 6 nitrogen and oxygen atoms in total. The maximum absolute atomic E-state index is 13.5. The highest BCUT2D eigenvalue weighted by Crippen LogP contribution is 2.29. The first-order valence-corrected chi connectivity index (χ1v) is 7.73. The van der Waals surface area contributed by atoms with Gasteiger partial charge in [-0.2, -0.15) is 8.70 Å². The first kappa shape index (κ1) is 16.5. The van der Waals surface area contributed by atoms with E-state index >= 15 is 0 Å². The molecule has 0 saturated carbocycles. The fourth-order valence-electron chi connectivity index (χ4n) is 1.87. The number of hydrogen-bond acceptors (Lipinski definition) is 4. The van der Waals surface area contributed by atoms with Gasteiger partial charge >= 0.3 is 5.69 Å². The van der Waals surface area contributed by atoms with Crippen LogP contribution in [0.25, 0.3) is 0 Å². The average molecular weight is 304 g/mol. The number of nitro groups is 1. The summed E-state index contributed by atoms with van der Waals surface area (Å²) in [4.78, 5) is 9.32. The predicted octanol–water partition coefficient (Wildman–Crippen LogP) is 2.54. The Hall–Kier alpha value is -1.54. The lowest BCUT2D eigenvalue weighted by atomic mass is 10.3. The predicted molar refractivity (Wildman–Crippen MR) is 72.4 cm³/mol. The molecular weight excluding hydrogens is 287 g/mol. The van der Waals surface area contributed by atoms with Crippen molar-refractivity contribution in [3.8, 4) is 0 Å². The Kier molecular flexibility index (Phi) is 5.58. The zero-order valence-electron chi connectivity index (χ0n) is 11.4. The van der Waals surface area contributed by atoms with Gasteiger partial charge in [0.15, 0.2) is 4.90 Å². The normalized spacial score (nSPS) is 11.8. The summed E-state index contributed by atoms with van der Waals surface area (Å²) in [5.41, 5.74) is -0.996. The van der Waals surface area contributed by atoms with Crippen molar-refractivity contribution < 1.29 is 17.7 Å². The van der Waals surface area contributed by atoms with Crippen LogP contribution in [-0.4, -0.2) is 30.7 Å². The zero-order valence-corrected chi connectivity index (χ0v) is 12.2. The standard InChI is InChI=1S/C12H17FN2O4S/c1-3-8-14(9-4-2)20(18,19)11-7-5-6-10(13)12(11)15(16)17/h5-7H,3-4,8-9H2,1-2H3. The molecule has 0 N–H and O–H groups in total. The number of nitro benzene ring substituents is 1. The minimum Gasteiger partial charge on any atom is -0.258 e. The van der Waals surface area contributed by atoms with E-state index in [1.807, 2.05) is 0 Å². The van der Waals surface area contributed by atoms with E-state index in [4.69, 9.17) is 0 Å². The number of halogens is 1. The van der Waals surface area contributed by atoms with Crippen LogP contribution in [0, 0.1) is 15.9 Å². The highest BCUT2D eigenvalue weighted by Gasteiger charge is 2.33. The molecule has 0 unspecified atom stereocenters. The van der Waals surface area contributed by atoms with E-state index in [0.717, 1.165) is 22.5 Å². The highest BCUT2D eigenvalue weighted by atomic mass is 32.2. The van der Waals surface area contributed by atoms with Crippen LogP contribution < -0.4 is 0 Å². The number of benzene rings is 1. The van der Waals surface area contributed by atoms with Gasteiger partial charge in [-0.1, -0.05) is 19.9 Å². The van der Waals surface area contributed by atoms with Crippen LogP contribution >= 0.6 is 0 Å². The molecule has 0 spiro atoms. The molecule has 0 heterocycles. The molecule has 0 amide bonds. The molecule has 112 valence electrons. The van der Waals surface area contributed by atoms with Gasteiger partial charge in [0.1, 0.15) is 0 Å². The Morgan fingerprint density at radius 3 is 2.25 bits per heavy atom. The van der Waals surface area contributed by atoms with E-state index in [0.29, 0.717) is 12.8 Å². The molecule has 0 aliphatic rings. The summed E-state index contributed by atoms with van der Waals surface area (Å²) >= 11 is 0. The lowest BCUT2D eigenvalue weighted by Crippen LogP contribution is -2.33. The third-order valence-electron chi connectivity index (χ3n) is 2.70. The van der Waals surface area contributed by atoms with Crippen LogP contribution in [0.4, 0.5) is 10.1 Å². The smallest absolute Gasteiger partial charge is 0.258 e. The monoisotopic (exact) mass is 304 g/mol. The molecule has 0 fully saturated rings. The summed E-state index contributed by atoms with van der Waals surface area (Å²) in [5.74, 6) is -1.15. The molecule has 0 saturated heterocycles. The Labute approximate surface area is 117 Å². The molecule has 0 atom stereocenters. The van der Waals surface area contributed by atoms with Crippen molar-refractivity contribution in [1.82, 2.24) is 4.31 Å². The van der Waals surface area contributed by atoms with Crippen molar-refractivity contribution in [2.75, 3.05) is 13.1 Å². The second-order valence-corrected chi connectivity index (χ2v) is 6.15. The molecular formula is C12H17FN2O4S. The third kappa shape index (κ3) is 3.31. The quantitative estimate of drug-likeness (QED) is 0.572. The molecule has 1 rings (SSSR count). The van der Waals surface area contributed by atoms with Crippen molar-refractivity contribution in [3.05, 3.63) is 34.1 Å². The molecule has 0 radical (unpaired) electrons. The summed E-state index contributed by atoms with van der Waals surface area (Å²) in [7, 11) is -4.07. The van der Waals surface area contributed by atoms with Gasteiger partial charge in [-0.25, -0.2) is 8.42 Å². The molecule has 0 bridgehead atoms. The molecule has 1 aromatic rings. The molecule has 1 aromatic carbocycles. The molecule has 0 aliphatic carbocycles. The summed E-state index contributed by atoms with van der Waals surface area (Å²) in [6, 6.07) is 3.10. The van der Waals surface area contributed by atoms with Gasteiger partial charge in [0.2, 0.25) is 15.8 Å². The van der Waals surface area contributed by atoms with Gasteiger partial charge in [0.25, 0.3) is 0 Å². The van der Waals surface area contributed by atoms with Crippen LogP contribution in [-0.2, 0) is 10.0 Å². The Morgan fingerprint density at radius 1 is 1.25 bits per heavy atom. The minimum absolute atomic E-state index is 0.240. The van der Waals surface area contributed by atoms with Crippen molar-refractivity contribution in [2.45, 2.75) is 31.6 Å². The summed E-state index contributed by atoms with van der Waals surface area (Å²) < 4.78 is 39.6. The molecule has 20 heavy (non-hydrogen) atoms. The van der Waals surface area contributed by atoms with Gasteiger partial charge in [0.05, 0.1) is 4.92 Å². The summed E-state index contributed by atoms with van der Waals surface area (Å²) in [5, 5.41) is 10.9. The first-order valence-electron chi connectivity index (χ1n) is 6.29. The lowest BCUT2D eigenvalue weighted by molar-refractivity contribution is -0.390. The SMILES string of the molecule is CCCN(CCC)S(=O)(=O)c1cccc(F)c1[N+](=O)[O-]. The maximum Gasteiger partial charge on any atom is 0.324 e. The largest absolute Gasteiger partial charge is 0.324 e. The van der Waals surface area contributed by atoms with Crippen LogP contribution in [0.1, 0.15) is 26.7 Å². The van der Waals surface area contributed by atoms with Gasteiger partial charge in [-0.05, 0) is 25.0 Å². The van der Waals surface area contributed by atoms with E-state index in [1.54, 1.807) is 13.8 Å². The van der Waals surface area contributed by atoms with E-state index in [-0.39, 0.29) is 13.1 Å². The Bertz CT molecular complexity index is 583. The van der Waals surface area contributed by atoms with Crippen LogP contribution in [0.2, 0.25) is 0 Å². The van der Waals surface area contributed by atoms with Gasteiger partial charge in [-0.15, -0.1) is 0 Å². The first-order chi connectivity index (χ1) is 9.36. The lowest BCUT2D eigenvalue weighted by Gasteiger charge is -2.20. The van der Waals surface area contributed by atoms with Gasteiger partial charge in [0, 0.05) is 13.1 Å². The van der Waals surface area contributed by atoms with Gasteiger partial charge < -0.3 is 0 Å². The van der Waals surface area contributed by atoms with Crippen molar-refractivity contribution in [2.24, 2.45) is 0 Å². The van der Waals surface area contributed by atoms with Gasteiger partial charge in [-0.3, -0.25) is 10.1 Å². The maximum atomic E-state index is 13.5. The third-order valence-corrected chi connectivity index (χ3v) is 4.63. The van der Waals surface area contributed by atoms with Crippen LogP contribution in [0.15, 0.2) is 23.1 Å². The second-order valence-electron chi connectivity index (χ2n) is 4.25. The van der Waals surface area contributed by atoms with Crippen molar-refractivity contribution >= 4 is 15.7 Å². The minimum atomic E-state index is -4.07. The Balaban J connectivity index is 3.41. The van der Waals surface area contributed by atoms with Crippen LogP contribution in [0.3, 0.4) is 0 Å². The fraction of sp³-hybridized carbons (Fsp3) is 0.500. The number of para-hydroxylation sites is 1. The second kappa shape index (κ2) is 6.76. The molecule has 8 heteroatoms. The van der Waals surface area contributed by atoms with Crippen molar-refractivity contribution in [3.63, 3.8) is 0 Å². The van der Waals surface area contributed by atoms with Crippen molar-refractivity contribution in [1.29, 1.82) is 0 Å². The zero-order chi connectivity index (χ0) is 15.3. The topological polar surface area (TPSA) is 80.5 Å². The Morgan fingerprint density at radius 2 is 1.80 bits per heavy atom. The highest BCUT2D eigenvalue weighted by molar-refractivity contribution is 7.89. The molecule has 0 aromatic heterocycles. The molecule has 0 aliphatic heterocycles. The number of rotatable bonds is 7. The average Bonchev–Trinajstić information content (AvgIpc) is 2.37. The van der Waals surface area contributed by atoms with E-state index in [9.17, 15) is 22.9 Å².